The van der Waals surface area contributed by atoms with Crippen LogP contribution in [-0.4, -0.2) is 64.0 Å². The second kappa shape index (κ2) is 6.85. The van der Waals surface area contributed by atoms with Crippen molar-refractivity contribution in [3.63, 3.8) is 0 Å². The van der Waals surface area contributed by atoms with Crippen LogP contribution in [0.5, 0.6) is 0 Å². The highest BCUT2D eigenvalue weighted by Gasteiger charge is 2.35. The van der Waals surface area contributed by atoms with Gasteiger partial charge >= 0.3 is 11.9 Å². The molecule has 0 bridgehead atoms. The quantitative estimate of drug-likeness (QED) is 0.440. The molecule has 1 saturated heterocycles. The SMILES string of the molecule is NCC(=O)N1CCC[C@H]1C(=O)N[C@H](CC(=O)O)C(=O)O. The first-order chi connectivity index (χ1) is 9.36. The molecule has 1 heterocycles. The Morgan fingerprint density at radius 1 is 1.30 bits per heavy atom. The van der Waals surface area contributed by atoms with E-state index in [4.69, 9.17) is 15.9 Å². The Bertz CT molecular complexity index is 424. The van der Waals surface area contributed by atoms with Gasteiger partial charge in [-0.1, -0.05) is 0 Å². The topological polar surface area (TPSA) is 150 Å². The summed E-state index contributed by atoms with van der Waals surface area (Å²) in [7, 11) is 0. The molecule has 0 aromatic rings. The van der Waals surface area contributed by atoms with Crippen molar-refractivity contribution < 1.29 is 29.4 Å². The van der Waals surface area contributed by atoms with Gasteiger partial charge in [0.05, 0.1) is 13.0 Å². The van der Waals surface area contributed by atoms with Gasteiger partial charge < -0.3 is 26.2 Å². The summed E-state index contributed by atoms with van der Waals surface area (Å²) in [4.78, 5) is 46.2. The molecule has 0 aliphatic carbocycles. The predicted octanol–water partition coefficient (Wildman–Crippen LogP) is -2.02. The average molecular weight is 287 g/mol. The van der Waals surface area contributed by atoms with Crippen molar-refractivity contribution >= 4 is 23.8 Å². The predicted molar refractivity (Wildman–Crippen MR) is 65.6 cm³/mol. The summed E-state index contributed by atoms with van der Waals surface area (Å²) < 4.78 is 0. The number of carbonyl (C=O) groups excluding carboxylic acids is 2. The van der Waals surface area contributed by atoms with Crippen LogP contribution in [0.15, 0.2) is 0 Å². The van der Waals surface area contributed by atoms with Gasteiger partial charge in [0, 0.05) is 6.54 Å². The van der Waals surface area contributed by atoms with Gasteiger partial charge in [-0.15, -0.1) is 0 Å². The van der Waals surface area contributed by atoms with Crippen LogP contribution in [0.25, 0.3) is 0 Å². The van der Waals surface area contributed by atoms with Gasteiger partial charge in [-0.25, -0.2) is 4.79 Å². The summed E-state index contributed by atoms with van der Waals surface area (Å²) in [6, 6.07) is -2.31. The third kappa shape index (κ3) is 3.92. The Morgan fingerprint density at radius 3 is 2.45 bits per heavy atom. The Kier molecular flexibility index (Phi) is 5.44. The second-order valence-electron chi connectivity index (χ2n) is 4.45. The zero-order chi connectivity index (χ0) is 15.3. The molecule has 9 nitrogen and oxygen atoms in total. The molecule has 1 fully saturated rings. The van der Waals surface area contributed by atoms with Gasteiger partial charge in [0.15, 0.2) is 0 Å². The highest BCUT2D eigenvalue weighted by molar-refractivity contribution is 5.92. The molecular formula is C11H17N3O6. The van der Waals surface area contributed by atoms with Crippen LogP contribution in [0.2, 0.25) is 0 Å². The molecule has 5 N–H and O–H groups in total. The van der Waals surface area contributed by atoms with Crippen LogP contribution >= 0.6 is 0 Å². The average Bonchev–Trinajstić information content (AvgIpc) is 2.85. The van der Waals surface area contributed by atoms with Crippen molar-refractivity contribution in [3.8, 4) is 0 Å². The van der Waals surface area contributed by atoms with Gasteiger partial charge in [0.25, 0.3) is 0 Å². The minimum Gasteiger partial charge on any atom is -0.481 e. The lowest BCUT2D eigenvalue weighted by atomic mass is 10.1. The van der Waals surface area contributed by atoms with Crippen molar-refractivity contribution in [1.29, 1.82) is 0 Å². The van der Waals surface area contributed by atoms with Crippen LogP contribution in [0.3, 0.4) is 0 Å². The molecule has 20 heavy (non-hydrogen) atoms. The lowest BCUT2D eigenvalue weighted by Gasteiger charge is -2.24. The number of hydrogen-bond acceptors (Lipinski definition) is 5. The maximum atomic E-state index is 12.0. The highest BCUT2D eigenvalue weighted by atomic mass is 16.4. The van der Waals surface area contributed by atoms with Crippen LogP contribution < -0.4 is 11.1 Å². The largest absolute Gasteiger partial charge is 0.481 e. The molecule has 0 aromatic heterocycles. The second-order valence-corrected chi connectivity index (χ2v) is 4.45. The minimum atomic E-state index is -1.52. The lowest BCUT2D eigenvalue weighted by molar-refractivity contribution is -0.148. The first-order valence-corrected chi connectivity index (χ1v) is 6.11. The zero-order valence-electron chi connectivity index (χ0n) is 10.7. The molecule has 1 rings (SSSR count). The molecule has 1 aliphatic rings. The van der Waals surface area contributed by atoms with E-state index in [1.54, 1.807) is 0 Å². The van der Waals surface area contributed by atoms with Crippen LogP contribution in [0.4, 0.5) is 0 Å². The maximum absolute atomic E-state index is 12.0. The third-order valence-electron chi connectivity index (χ3n) is 3.04. The van der Waals surface area contributed by atoms with Gasteiger partial charge in [-0.3, -0.25) is 14.4 Å². The normalized spacial score (nSPS) is 19.4. The lowest BCUT2D eigenvalue weighted by Crippen LogP contribution is -2.52. The van der Waals surface area contributed by atoms with E-state index in [0.29, 0.717) is 19.4 Å². The summed E-state index contributed by atoms with van der Waals surface area (Å²) in [5.74, 6) is -3.83. The maximum Gasteiger partial charge on any atom is 0.326 e. The number of rotatable bonds is 6. The molecule has 9 heteroatoms. The van der Waals surface area contributed by atoms with Crippen molar-refractivity contribution in [2.75, 3.05) is 13.1 Å². The summed E-state index contributed by atoms with van der Waals surface area (Å²) >= 11 is 0. The third-order valence-corrected chi connectivity index (χ3v) is 3.04. The Labute approximate surface area is 114 Å². The molecule has 0 saturated carbocycles. The number of nitrogens with two attached hydrogens (primary N) is 1. The van der Waals surface area contributed by atoms with Crippen LogP contribution in [0.1, 0.15) is 19.3 Å². The number of carboxylic acid groups (broad SMARTS) is 2. The Hall–Kier alpha value is -2.16. The fraction of sp³-hybridized carbons (Fsp3) is 0.636. The van der Waals surface area contributed by atoms with Crippen molar-refractivity contribution in [2.24, 2.45) is 5.73 Å². The molecular weight excluding hydrogens is 270 g/mol. The standard InChI is InChI=1S/C11H17N3O6/c12-5-8(15)14-3-1-2-7(14)10(18)13-6(11(19)20)4-9(16)17/h6-7H,1-5,12H2,(H,13,18)(H,16,17)(H,19,20)/t6-,7+/m1/s1. The number of hydrogen-bond donors (Lipinski definition) is 4. The molecule has 2 amide bonds. The monoisotopic (exact) mass is 287 g/mol. The molecule has 2 atom stereocenters. The van der Waals surface area contributed by atoms with Crippen molar-refractivity contribution in [2.45, 2.75) is 31.3 Å². The summed E-state index contributed by atoms with van der Waals surface area (Å²) in [6.45, 7) is 0.145. The number of carbonyl (C=O) groups is 4. The minimum absolute atomic E-state index is 0.235. The van der Waals surface area contributed by atoms with Gasteiger partial charge in [0.1, 0.15) is 12.1 Å². The van der Waals surface area contributed by atoms with Crippen LogP contribution in [0, 0.1) is 0 Å². The molecule has 0 spiro atoms. The van der Waals surface area contributed by atoms with E-state index in [1.807, 2.05) is 0 Å². The fourth-order valence-electron chi connectivity index (χ4n) is 2.10. The number of likely N-dealkylation sites (tertiary alicyclic amines) is 1. The van der Waals surface area contributed by atoms with Crippen molar-refractivity contribution in [3.05, 3.63) is 0 Å². The summed E-state index contributed by atoms with van der Waals surface area (Å²) in [5.41, 5.74) is 5.23. The molecule has 0 aromatic carbocycles. The van der Waals surface area contributed by atoms with E-state index >= 15 is 0 Å². The zero-order valence-corrected chi connectivity index (χ0v) is 10.7. The fourth-order valence-corrected chi connectivity index (χ4v) is 2.10. The van der Waals surface area contributed by atoms with Crippen molar-refractivity contribution in [1.82, 2.24) is 10.2 Å². The number of nitrogens with one attached hydrogen (secondary N) is 1. The highest BCUT2D eigenvalue weighted by Crippen LogP contribution is 2.17. The number of aliphatic carboxylic acids is 2. The van der Waals surface area contributed by atoms with Gasteiger partial charge in [0.2, 0.25) is 11.8 Å². The van der Waals surface area contributed by atoms with E-state index in [2.05, 4.69) is 5.32 Å². The van der Waals surface area contributed by atoms with Gasteiger partial charge in [-0.2, -0.15) is 0 Å². The summed E-state index contributed by atoms with van der Waals surface area (Å²) in [6.07, 6.45) is 0.288. The van der Waals surface area contributed by atoms with Crippen LogP contribution in [-0.2, 0) is 19.2 Å². The smallest absolute Gasteiger partial charge is 0.326 e. The molecule has 1 aliphatic heterocycles. The number of carboxylic acids is 2. The number of amides is 2. The van der Waals surface area contributed by atoms with E-state index in [-0.39, 0.29) is 6.54 Å². The van der Waals surface area contributed by atoms with E-state index in [0.717, 1.165) is 0 Å². The molecule has 0 radical (unpaired) electrons. The van der Waals surface area contributed by atoms with Gasteiger partial charge in [-0.05, 0) is 12.8 Å². The van der Waals surface area contributed by atoms with E-state index < -0.39 is 42.3 Å². The molecule has 0 unspecified atom stereocenters. The summed E-state index contributed by atoms with van der Waals surface area (Å²) in [5, 5.41) is 19.6. The Morgan fingerprint density at radius 2 is 1.95 bits per heavy atom. The Balaban J connectivity index is 2.70. The molecule has 112 valence electrons. The first-order valence-electron chi connectivity index (χ1n) is 6.11. The van der Waals surface area contributed by atoms with E-state index in [1.165, 1.54) is 4.90 Å². The van der Waals surface area contributed by atoms with E-state index in [9.17, 15) is 19.2 Å². The first kappa shape index (κ1) is 15.9. The number of nitrogens with zero attached hydrogens (tertiary/aromatic N) is 1.